The van der Waals surface area contributed by atoms with Gasteiger partial charge < -0.3 is 0 Å². The second-order valence-electron chi connectivity index (χ2n) is 2.22. The fourth-order valence-electron chi connectivity index (χ4n) is 0.890. The minimum absolute atomic E-state index is 0.508. The van der Waals surface area contributed by atoms with E-state index in [0.717, 1.165) is 11.3 Å². The average molecular weight is 271 g/mol. The van der Waals surface area contributed by atoms with E-state index in [9.17, 15) is 0 Å². The fraction of sp³-hybridized carbons (Fsp3) is 0. The van der Waals surface area contributed by atoms with Crippen molar-refractivity contribution in [2.75, 3.05) is 0 Å². The van der Waals surface area contributed by atoms with Gasteiger partial charge in [-0.1, -0.05) is 34.8 Å². The Balaban J connectivity index is 2.51. The number of hydrogen-bond donors (Lipinski definition) is 0. The van der Waals surface area contributed by atoms with Gasteiger partial charge in [-0.2, -0.15) is 0 Å². The molecule has 0 aliphatic heterocycles. The highest BCUT2D eigenvalue weighted by Crippen LogP contribution is 2.38. The third kappa shape index (κ3) is 2.00. The van der Waals surface area contributed by atoms with E-state index >= 15 is 0 Å². The molecule has 1 nitrogen and oxygen atoms in total. The zero-order valence-electron chi connectivity index (χ0n) is 6.05. The van der Waals surface area contributed by atoms with Crippen LogP contribution < -0.4 is 0 Å². The summed E-state index contributed by atoms with van der Waals surface area (Å²) in [5.74, 6) is 0. The van der Waals surface area contributed by atoms with Gasteiger partial charge in [-0.05, 0) is 6.07 Å². The van der Waals surface area contributed by atoms with Crippen LogP contribution in [0, 0.1) is 0 Å². The molecule has 0 atom stereocenters. The molecule has 13 heavy (non-hydrogen) atoms. The van der Waals surface area contributed by atoms with Gasteiger partial charge in [-0.25, -0.2) is 4.98 Å². The number of thiazole rings is 1. The molecule has 0 N–H and O–H groups in total. The highest BCUT2D eigenvalue weighted by Gasteiger charge is 2.10. The highest BCUT2D eigenvalue weighted by atomic mass is 35.5. The molecule has 0 saturated heterocycles. The predicted molar refractivity (Wildman–Crippen MR) is 60.5 cm³/mol. The fourth-order valence-corrected chi connectivity index (χ4v) is 3.14. The van der Waals surface area contributed by atoms with Crippen molar-refractivity contribution in [2.45, 2.75) is 0 Å². The first-order valence-corrected chi connectivity index (χ1v) is 6.06. The van der Waals surface area contributed by atoms with Gasteiger partial charge in [0.15, 0.2) is 4.47 Å². The van der Waals surface area contributed by atoms with Gasteiger partial charge in [0.1, 0.15) is 4.34 Å². The molecule has 0 bridgehead atoms. The monoisotopic (exact) mass is 269 g/mol. The number of halogens is 3. The number of hydrogen-bond acceptors (Lipinski definition) is 3. The molecule has 0 fully saturated rings. The van der Waals surface area contributed by atoms with E-state index in [1.807, 2.05) is 5.38 Å². The molecule has 0 aliphatic rings. The van der Waals surface area contributed by atoms with Crippen molar-refractivity contribution >= 4 is 57.5 Å². The average Bonchev–Trinajstić information content (AvgIpc) is 2.58. The van der Waals surface area contributed by atoms with Crippen LogP contribution in [-0.2, 0) is 0 Å². The molecule has 0 amide bonds. The van der Waals surface area contributed by atoms with Crippen LogP contribution in [0.5, 0.6) is 0 Å². The minimum atomic E-state index is 0.508. The third-order valence-corrected chi connectivity index (χ3v) is 3.88. The van der Waals surface area contributed by atoms with Crippen molar-refractivity contribution in [2.24, 2.45) is 0 Å². The van der Waals surface area contributed by atoms with Crippen molar-refractivity contribution in [3.05, 3.63) is 24.6 Å². The summed E-state index contributed by atoms with van der Waals surface area (Å²) >= 11 is 20.1. The lowest BCUT2D eigenvalue weighted by molar-refractivity contribution is 1.42. The largest absolute Gasteiger partial charge is 0.225 e. The van der Waals surface area contributed by atoms with Crippen molar-refractivity contribution in [3.63, 3.8) is 0 Å². The number of nitrogens with zero attached hydrogens (tertiary/aromatic N) is 1. The van der Waals surface area contributed by atoms with Crippen molar-refractivity contribution in [3.8, 4) is 11.3 Å². The van der Waals surface area contributed by atoms with Gasteiger partial charge in [-0.15, -0.1) is 22.7 Å². The molecule has 0 aliphatic carbocycles. The number of rotatable bonds is 1. The topological polar surface area (TPSA) is 12.9 Å². The molecular weight excluding hydrogens is 269 g/mol. The zero-order valence-corrected chi connectivity index (χ0v) is 9.95. The Morgan fingerprint density at radius 2 is 2.00 bits per heavy atom. The van der Waals surface area contributed by atoms with Crippen LogP contribution in [0.2, 0.25) is 13.1 Å². The van der Waals surface area contributed by atoms with Gasteiger partial charge in [0, 0.05) is 10.9 Å². The molecule has 68 valence electrons. The second-order valence-corrected chi connectivity index (χ2v) is 5.95. The van der Waals surface area contributed by atoms with Crippen LogP contribution in [0.4, 0.5) is 0 Å². The van der Waals surface area contributed by atoms with E-state index in [1.54, 1.807) is 6.07 Å². The second kappa shape index (κ2) is 3.75. The Morgan fingerprint density at radius 1 is 1.23 bits per heavy atom. The Hall–Kier alpha value is 0.200. The Bertz CT molecular complexity index is 435. The summed E-state index contributed by atoms with van der Waals surface area (Å²) in [6, 6.07) is 1.79. The van der Waals surface area contributed by atoms with Crippen LogP contribution >= 0.6 is 57.5 Å². The predicted octanol–water partition coefficient (Wildman–Crippen LogP) is 4.83. The Kier molecular flexibility index (Phi) is 2.81. The van der Waals surface area contributed by atoms with Crippen LogP contribution in [0.3, 0.4) is 0 Å². The quantitative estimate of drug-likeness (QED) is 0.723. The molecule has 2 aromatic rings. The van der Waals surface area contributed by atoms with E-state index in [2.05, 4.69) is 4.98 Å². The lowest BCUT2D eigenvalue weighted by Gasteiger charge is -1.89. The van der Waals surface area contributed by atoms with Crippen molar-refractivity contribution < 1.29 is 0 Å². The minimum Gasteiger partial charge on any atom is -0.225 e. The van der Waals surface area contributed by atoms with Gasteiger partial charge in [0.05, 0.1) is 10.0 Å². The maximum atomic E-state index is 5.94. The highest BCUT2D eigenvalue weighted by molar-refractivity contribution is 7.20. The summed E-state index contributed by atoms with van der Waals surface area (Å²) in [5, 5.41) is 1.85. The standard InChI is InChI=1S/C7H2Cl3NS2/c8-5-1-3(6(9)13-5)4-2-12-7(10)11-4/h1-2H. The van der Waals surface area contributed by atoms with E-state index in [0.29, 0.717) is 13.1 Å². The molecule has 2 heterocycles. The van der Waals surface area contributed by atoms with Crippen LogP contribution in [0.15, 0.2) is 11.4 Å². The van der Waals surface area contributed by atoms with Crippen molar-refractivity contribution in [1.29, 1.82) is 0 Å². The Morgan fingerprint density at radius 3 is 2.46 bits per heavy atom. The van der Waals surface area contributed by atoms with Crippen molar-refractivity contribution in [1.82, 2.24) is 4.98 Å². The molecule has 0 unspecified atom stereocenters. The molecule has 6 heteroatoms. The third-order valence-electron chi connectivity index (χ3n) is 1.41. The van der Waals surface area contributed by atoms with E-state index < -0.39 is 0 Å². The van der Waals surface area contributed by atoms with E-state index in [4.69, 9.17) is 34.8 Å². The molecule has 2 aromatic heterocycles. The smallest absolute Gasteiger partial charge is 0.184 e. The summed E-state index contributed by atoms with van der Waals surface area (Å²) in [7, 11) is 0. The molecule has 0 spiro atoms. The van der Waals surface area contributed by atoms with E-state index in [1.165, 1.54) is 22.7 Å². The lowest BCUT2D eigenvalue weighted by atomic mass is 10.3. The summed E-state index contributed by atoms with van der Waals surface area (Å²) in [4.78, 5) is 4.10. The van der Waals surface area contributed by atoms with Gasteiger partial charge in [0.25, 0.3) is 0 Å². The SMILES string of the molecule is Clc1cc(-c2csc(Cl)n2)c(Cl)s1. The van der Waals surface area contributed by atoms with Crippen LogP contribution in [-0.4, -0.2) is 4.98 Å². The van der Waals surface area contributed by atoms with Gasteiger partial charge in [-0.3, -0.25) is 0 Å². The van der Waals surface area contributed by atoms with E-state index in [-0.39, 0.29) is 0 Å². The number of thiophene rings is 1. The van der Waals surface area contributed by atoms with Gasteiger partial charge in [0.2, 0.25) is 0 Å². The first kappa shape index (κ1) is 9.74. The lowest BCUT2D eigenvalue weighted by Crippen LogP contribution is -1.71. The maximum Gasteiger partial charge on any atom is 0.184 e. The first-order valence-electron chi connectivity index (χ1n) is 3.23. The first-order chi connectivity index (χ1) is 6.16. The molecule has 0 radical (unpaired) electrons. The summed E-state index contributed by atoms with van der Waals surface area (Å²) < 4.78 is 1.81. The molecule has 0 aromatic carbocycles. The van der Waals surface area contributed by atoms with Crippen LogP contribution in [0.25, 0.3) is 11.3 Å². The zero-order chi connectivity index (χ0) is 9.42. The van der Waals surface area contributed by atoms with Gasteiger partial charge >= 0.3 is 0 Å². The van der Waals surface area contributed by atoms with Crippen LogP contribution in [0.1, 0.15) is 0 Å². The maximum absolute atomic E-state index is 5.94. The molecule has 0 saturated carbocycles. The molecule has 2 rings (SSSR count). The molecular formula is C7H2Cl3NS2. The Labute approximate surface area is 97.9 Å². The number of aromatic nitrogens is 1. The summed E-state index contributed by atoms with van der Waals surface area (Å²) in [5.41, 5.74) is 1.63. The normalized spacial score (nSPS) is 10.7. The summed E-state index contributed by atoms with van der Waals surface area (Å²) in [6.07, 6.45) is 0. The summed E-state index contributed by atoms with van der Waals surface area (Å²) in [6.45, 7) is 0.